The van der Waals surface area contributed by atoms with Gasteiger partial charge in [0.05, 0.1) is 13.1 Å². The van der Waals surface area contributed by atoms with Crippen molar-refractivity contribution in [1.29, 1.82) is 5.26 Å². The molecule has 1 aromatic rings. The number of nitriles is 1. The summed E-state index contributed by atoms with van der Waals surface area (Å²) in [4.78, 5) is 18.5. The molecule has 0 N–H and O–H groups in total. The van der Waals surface area contributed by atoms with E-state index in [0.717, 1.165) is 24.8 Å². The highest BCUT2D eigenvalue weighted by atomic mass is 16.5. The molecule has 0 saturated heterocycles. The molecule has 1 amide bonds. The lowest BCUT2D eigenvalue weighted by molar-refractivity contribution is -0.137. The highest BCUT2D eigenvalue weighted by Crippen LogP contribution is 2.50. The van der Waals surface area contributed by atoms with E-state index < -0.39 is 0 Å². The molecule has 20 heavy (non-hydrogen) atoms. The first kappa shape index (κ1) is 12.9. The van der Waals surface area contributed by atoms with Crippen LogP contribution in [-0.2, 0) is 11.3 Å². The number of carbonyl (C=O) groups excluding carboxylic acids is 1. The molecule has 1 fully saturated rings. The standard InChI is InChI=1S/C15H17N3O2/c1-2-15(3-4-15)14(19)18-5-6-20-13-11(7-16)8-17-9-12(13)10-18/h8-9H,2-6,10H2,1H3. The van der Waals surface area contributed by atoms with Gasteiger partial charge in [-0.1, -0.05) is 6.92 Å². The van der Waals surface area contributed by atoms with Crippen molar-refractivity contribution in [3.05, 3.63) is 23.5 Å². The van der Waals surface area contributed by atoms with Crippen molar-refractivity contribution in [2.24, 2.45) is 5.41 Å². The molecule has 1 aliphatic heterocycles. The number of ether oxygens (including phenoxy) is 1. The molecule has 5 heteroatoms. The van der Waals surface area contributed by atoms with Gasteiger partial charge in [0, 0.05) is 23.4 Å². The fourth-order valence-electron chi connectivity index (χ4n) is 2.78. The van der Waals surface area contributed by atoms with Crippen LogP contribution >= 0.6 is 0 Å². The number of carbonyl (C=O) groups is 1. The lowest BCUT2D eigenvalue weighted by Crippen LogP contribution is -2.38. The lowest BCUT2D eigenvalue weighted by Gasteiger charge is -2.24. The Morgan fingerprint density at radius 1 is 1.55 bits per heavy atom. The van der Waals surface area contributed by atoms with Gasteiger partial charge in [0.15, 0.2) is 0 Å². The number of pyridine rings is 1. The molecule has 1 aliphatic carbocycles. The Bertz CT molecular complexity index is 587. The molecule has 2 aliphatic rings. The summed E-state index contributed by atoms with van der Waals surface area (Å²) in [5, 5.41) is 9.09. The van der Waals surface area contributed by atoms with E-state index in [2.05, 4.69) is 18.0 Å². The maximum absolute atomic E-state index is 12.6. The van der Waals surface area contributed by atoms with E-state index in [1.807, 2.05) is 4.90 Å². The van der Waals surface area contributed by atoms with Crippen LogP contribution in [0.4, 0.5) is 0 Å². The van der Waals surface area contributed by atoms with Crippen molar-refractivity contribution in [2.75, 3.05) is 13.2 Å². The highest BCUT2D eigenvalue weighted by molar-refractivity contribution is 5.85. The first-order chi connectivity index (χ1) is 9.70. The monoisotopic (exact) mass is 271 g/mol. The number of nitrogens with zero attached hydrogens (tertiary/aromatic N) is 3. The van der Waals surface area contributed by atoms with Gasteiger partial charge in [-0.15, -0.1) is 0 Å². The first-order valence-corrected chi connectivity index (χ1v) is 6.99. The highest BCUT2D eigenvalue weighted by Gasteiger charge is 2.50. The van der Waals surface area contributed by atoms with Crippen molar-refractivity contribution in [3.63, 3.8) is 0 Å². The fraction of sp³-hybridized carbons (Fsp3) is 0.533. The second-order valence-corrected chi connectivity index (χ2v) is 5.50. The molecule has 0 spiro atoms. The Morgan fingerprint density at radius 3 is 3.00 bits per heavy atom. The number of aromatic nitrogens is 1. The lowest BCUT2D eigenvalue weighted by atomic mass is 10.0. The summed E-state index contributed by atoms with van der Waals surface area (Å²) in [6, 6.07) is 2.09. The summed E-state index contributed by atoms with van der Waals surface area (Å²) >= 11 is 0. The molecule has 3 rings (SSSR count). The number of hydrogen-bond acceptors (Lipinski definition) is 4. The van der Waals surface area contributed by atoms with Crippen LogP contribution in [0.25, 0.3) is 0 Å². The molecule has 1 saturated carbocycles. The minimum absolute atomic E-state index is 0.134. The van der Waals surface area contributed by atoms with E-state index in [9.17, 15) is 4.79 Å². The van der Waals surface area contributed by atoms with Gasteiger partial charge in [0.1, 0.15) is 24.0 Å². The Morgan fingerprint density at radius 2 is 2.35 bits per heavy atom. The summed E-state index contributed by atoms with van der Waals surface area (Å²) in [6.45, 7) is 3.55. The summed E-state index contributed by atoms with van der Waals surface area (Å²) in [7, 11) is 0. The van der Waals surface area contributed by atoms with Crippen LogP contribution in [0.5, 0.6) is 5.75 Å². The normalized spacial score (nSPS) is 19.3. The molecule has 0 aromatic carbocycles. The van der Waals surface area contributed by atoms with E-state index in [0.29, 0.717) is 31.0 Å². The molecule has 0 atom stereocenters. The van der Waals surface area contributed by atoms with Gasteiger partial charge in [0.2, 0.25) is 5.91 Å². The predicted molar refractivity (Wildman–Crippen MR) is 71.8 cm³/mol. The SMILES string of the molecule is CCC1(C(=O)N2CCOc3c(C#N)cncc3C2)CC1. The zero-order valence-corrected chi connectivity index (χ0v) is 11.6. The van der Waals surface area contributed by atoms with Crippen molar-refractivity contribution in [1.82, 2.24) is 9.88 Å². The summed E-state index contributed by atoms with van der Waals surface area (Å²) in [5.41, 5.74) is 1.13. The Kier molecular flexibility index (Phi) is 3.09. The second kappa shape index (κ2) is 4.78. The van der Waals surface area contributed by atoms with Crippen molar-refractivity contribution < 1.29 is 9.53 Å². The maximum atomic E-state index is 12.6. The molecule has 2 heterocycles. The Labute approximate surface area is 118 Å². The Hall–Kier alpha value is -2.09. The van der Waals surface area contributed by atoms with Gasteiger partial charge in [-0.2, -0.15) is 5.26 Å². The number of hydrogen-bond donors (Lipinski definition) is 0. The van der Waals surface area contributed by atoms with Gasteiger partial charge in [-0.05, 0) is 19.3 Å². The Balaban J connectivity index is 1.87. The van der Waals surface area contributed by atoms with Crippen LogP contribution in [0.3, 0.4) is 0 Å². The van der Waals surface area contributed by atoms with Crippen molar-refractivity contribution in [3.8, 4) is 11.8 Å². The maximum Gasteiger partial charge on any atom is 0.229 e. The van der Waals surface area contributed by atoms with Crippen molar-refractivity contribution in [2.45, 2.75) is 32.7 Å². The molecular weight excluding hydrogens is 254 g/mol. The molecule has 5 nitrogen and oxygen atoms in total. The summed E-state index contributed by atoms with van der Waals surface area (Å²) < 4.78 is 5.66. The van der Waals surface area contributed by atoms with Gasteiger partial charge in [0.25, 0.3) is 0 Å². The average Bonchev–Trinajstić information content (AvgIpc) is 3.29. The zero-order chi connectivity index (χ0) is 14.2. The van der Waals surface area contributed by atoms with E-state index in [-0.39, 0.29) is 11.3 Å². The largest absolute Gasteiger partial charge is 0.490 e. The molecule has 104 valence electrons. The second-order valence-electron chi connectivity index (χ2n) is 5.50. The van der Waals surface area contributed by atoms with Gasteiger partial charge < -0.3 is 9.64 Å². The van der Waals surface area contributed by atoms with Crippen LogP contribution in [0.2, 0.25) is 0 Å². The minimum atomic E-state index is -0.134. The van der Waals surface area contributed by atoms with Gasteiger partial charge in [-0.3, -0.25) is 9.78 Å². The van der Waals surface area contributed by atoms with E-state index in [1.165, 1.54) is 6.20 Å². The quantitative estimate of drug-likeness (QED) is 0.823. The van der Waals surface area contributed by atoms with Crippen LogP contribution in [0, 0.1) is 16.7 Å². The third-order valence-corrected chi connectivity index (χ3v) is 4.33. The number of fused-ring (bicyclic) bond motifs is 1. The first-order valence-electron chi connectivity index (χ1n) is 6.99. The number of rotatable bonds is 2. The smallest absolute Gasteiger partial charge is 0.229 e. The third-order valence-electron chi connectivity index (χ3n) is 4.33. The van der Waals surface area contributed by atoms with Gasteiger partial charge in [-0.25, -0.2) is 0 Å². The molecule has 0 radical (unpaired) electrons. The molecule has 0 unspecified atom stereocenters. The predicted octanol–water partition coefficient (Wildman–Crippen LogP) is 1.86. The van der Waals surface area contributed by atoms with Crippen LogP contribution in [0.1, 0.15) is 37.3 Å². The van der Waals surface area contributed by atoms with Gasteiger partial charge >= 0.3 is 0 Å². The topological polar surface area (TPSA) is 66.2 Å². The van der Waals surface area contributed by atoms with E-state index in [4.69, 9.17) is 10.00 Å². The zero-order valence-electron chi connectivity index (χ0n) is 11.6. The van der Waals surface area contributed by atoms with E-state index in [1.54, 1.807) is 6.20 Å². The molecular formula is C15H17N3O2. The molecule has 0 bridgehead atoms. The van der Waals surface area contributed by atoms with E-state index >= 15 is 0 Å². The fourth-order valence-corrected chi connectivity index (χ4v) is 2.78. The van der Waals surface area contributed by atoms with Crippen molar-refractivity contribution >= 4 is 5.91 Å². The minimum Gasteiger partial charge on any atom is -0.490 e. The average molecular weight is 271 g/mol. The third kappa shape index (κ3) is 2.01. The summed E-state index contributed by atoms with van der Waals surface area (Å²) in [6.07, 6.45) is 6.07. The number of amides is 1. The molecule has 1 aromatic heterocycles. The van der Waals surface area contributed by atoms with Crippen LogP contribution in [0.15, 0.2) is 12.4 Å². The van der Waals surface area contributed by atoms with Crippen LogP contribution in [-0.4, -0.2) is 28.9 Å². The van der Waals surface area contributed by atoms with Crippen LogP contribution < -0.4 is 4.74 Å². The summed E-state index contributed by atoms with van der Waals surface area (Å²) in [5.74, 6) is 0.804.